The molecule has 0 amide bonds. The van der Waals surface area contributed by atoms with Gasteiger partial charge in [-0.3, -0.25) is 0 Å². The van der Waals surface area contributed by atoms with E-state index >= 15 is 0 Å². The maximum absolute atomic E-state index is 5.58. The monoisotopic (exact) mass is 292 g/mol. The zero-order valence-corrected chi connectivity index (χ0v) is 13.5. The summed E-state index contributed by atoms with van der Waals surface area (Å²) in [5.41, 5.74) is 2.60. The van der Waals surface area contributed by atoms with Gasteiger partial charge in [0.05, 0.1) is 14.2 Å². The molecule has 0 saturated carbocycles. The fraction of sp³-hybridized carbons (Fsp3) is 0.647. The SMILES string of the molecule is CCCNCCNC1CCCc2c(OC)ccc(OC)c21. The van der Waals surface area contributed by atoms with Crippen molar-refractivity contribution in [3.63, 3.8) is 0 Å². The Morgan fingerprint density at radius 2 is 1.86 bits per heavy atom. The zero-order chi connectivity index (χ0) is 15.1. The summed E-state index contributed by atoms with van der Waals surface area (Å²) >= 11 is 0. The number of nitrogens with one attached hydrogen (secondary N) is 2. The number of benzene rings is 1. The minimum atomic E-state index is 0.363. The Hall–Kier alpha value is -1.26. The summed E-state index contributed by atoms with van der Waals surface area (Å²) in [6.45, 7) is 5.26. The number of rotatable bonds is 8. The van der Waals surface area contributed by atoms with Crippen LogP contribution >= 0.6 is 0 Å². The molecule has 1 aromatic carbocycles. The largest absolute Gasteiger partial charge is 0.496 e. The van der Waals surface area contributed by atoms with E-state index in [2.05, 4.69) is 17.6 Å². The van der Waals surface area contributed by atoms with Crippen molar-refractivity contribution in [2.24, 2.45) is 0 Å². The lowest BCUT2D eigenvalue weighted by Crippen LogP contribution is -2.32. The van der Waals surface area contributed by atoms with Crippen molar-refractivity contribution < 1.29 is 9.47 Å². The smallest absolute Gasteiger partial charge is 0.124 e. The van der Waals surface area contributed by atoms with Crippen molar-refractivity contribution in [2.75, 3.05) is 33.9 Å². The Labute approximate surface area is 128 Å². The maximum Gasteiger partial charge on any atom is 0.124 e. The number of methoxy groups -OCH3 is 2. The van der Waals surface area contributed by atoms with Crippen molar-refractivity contribution in [3.05, 3.63) is 23.3 Å². The van der Waals surface area contributed by atoms with Crippen LogP contribution in [0.5, 0.6) is 11.5 Å². The molecule has 21 heavy (non-hydrogen) atoms. The van der Waals surface area contributed by atoms with Gasteiger partial charge in [-0.2, -0.15) is 0 Å². The van der Waals surface area contributed by atoms with Crippen LogP contribution in [0.25, 0.3) is 0 Å². The lowest BCUT2D eigenvalue weighted by atomic mass is 9.86. The Kier molecular flexibility index (Phi) is 6.33. The van der Waals surface area contributed by atoms with Crippen molar-refractivity contribution in [3.8, 4) is 11.5 Å². The first-order valence-electron chi connectivity index (χ1n) is 7.99. The molecule has 0 fully saturated rings. The Bertz CT molecular complexity index is 449. The second-order valence-electron chi connectivity index (χ2n) is 5.51. The minimum absolute atomic E-state index is 0.363. The molecule has 0 spiro atoms. The van der Waals surface area contributed by atoms with Gasteiger partial charge in [-0.1, -0.05) is 6.92 Å². The van der Waals surface area contributed by atoms with Gasteiger partial charge in [0.25, 0.3) is 0 Å². The molecule has 1 atom stereocenters. The van der Waals surface area contributed by atoms with E-state index in [9.17, 15) is 0 Å². The fourth-order valence-electron chi connectivity index (χ4n) is 3.10. The quantitative estimate of drug-likeness (QED) is 0.723. The van der Waals surface area contributed by atoms with Crippen LogP contribution in [0.2, 0.25) is 0 Å². The number of ether oxygens (including phenoxy) is 2. The van der Waals surface area contributed by atoms with Gasteiger partial charge in [0.1, 0.15) is 11.5 Å². The Morgan fingerprint density at radius 1 is 1.10 bits per heavy atom. The van der Waals surface area contributed by atoms with Crippen LogP contribution in [-0.2, 0) is 6.42 Å². The van der Waals surface area contributed by atoms with Crippen LogP contribution in [0.1, 0.15) is 43.4 Å². The van der Waals surface area contributed by atoms with Crippen LogP contribution in [0.3, 0.4) is 0 Å². The normalized spacial score (nSPS) is 17.4. The second-order valence-corrected chi connectivity index (χ2v) is 5.51. The third kappa shape index (κ3) is 3.89. The third-order valence-corrected chi connectivity index (χ3v) is 4.10. The van der Waals surface area contributed by atoms with Gasteiger partial charge in [0, 0.05) is 30.3 Å². The molecule has 0 bridgehead atoms. The molecule has 4 nitrogen and oxygen atoms in total. The predicted octanol–water partition coefficient (Wildman–Crippen LogP) is 2.67. The van der Waals surface area contributed by atoms with Crippen LogP contribution in [-0.4, -0.2) is 33.9 Å². The molecule has 1 unspecified atom stereocenters. The molecule has 0 radical (unpaired) electrons. The highest BCUT2D eigenvalue weighted by Crippen LogP contribution is 2.41. The van der Waals surface area contributed by atoms with Gasteiger partial charge < -0.3 is 20.1 Å². The molecule has 2 rings (SSSR count). The van der Waals surface area contributed by atoms with Crippen LogP contribution in [0.15, 0.2) is 12.1 Å². The van der Waals surface area contributed by atoms with Crippen molar-refractivity contribution in [2.45, 2.75) is 38.6 Å². The molecule has 0 saturated heterocycles. The molecule has 4 heteroatoms. The second kappa shape index (κ2) is 8.25. The lowest BCUT2D eigenvalue weighted by molar-refractivity contribution is 0.368. The van der Waals surface area contributed by atoms with Gasteiger partial charge in [-0.25, -0.2) is 0 Å². The first-order valence-corrected chi connectivity index (χ1v) is 7.99. The minimum Gasteiger partial charge on any atom is -0.496 e. The highest BCUT2D eigenvalue weighted by molar-refractivity contribution is 5.51. The average molecular weight is 292 g/mol. The van der Waals surface area contributed by atoms with Crippen molar-refractivity contribution in [1.29, 1.82) is 0 Å². The first-order chi connectivity index (χ1) is 10.3. The Morgan fingerprint density at radius 3 is 2.57 bits per heavy atom. The lowest BCUT2D eigenvalue weighted by Gasteiger charge is -2.29. The van der Waals surface area contributed by atoms with Gasteiger partial charge in [-0.15, -0.1) is 0 Å². The fourth-order valence-corrected chi connectivity index (χ4v) is 3.10. The van der Waals surface area contributed by atoms with Gasteiger partial charge in [0.2, 0.25) is 0 Å². The van der Waals surface area contributed by atoms with Crippen LogP contribution in [0.4, 0.5) is 0 Å². The molecule has 0 aliphatic heterocycles. The summed E-state index contributed by atoms with van der Waals surface area (Å²) in [4.78, 5) is 0. The van der Waals surface area contributed by atoms with E-state index in [1.54, 1.807) is 14.2 Å². The van der Waals surface area contributed by atoms with E-state index < -0.39 is 0 Å². The number of hydrogen-bond acceptors (Lipinski definition) is 4. The zero-order valence-electron chi connectivity index (χ0n) is 13.5. The summed E-state index contributed by atoms with van der Waals surface area (Å²) in [5, 5.41) is 7.10. The molecule has 0 heterocycles. The summed E-state index contributed by atoms with van der Waals surface area (Å²) in [5.74, 6) is 1.96. The maximum atomic E-state index is 5.58. The van der Waals surface area contributed by atoms with E-state index in [0.29, 0.717) is 6.04 Å². The summed E-state index contributed by atoms with van der Waals surface area (Å²) in [6, 6.07) is 4.40. The van der Waals surface area contributed by atoms with Crippen molar-refractivity contribution in [1.82, 2.24) is 10.6 Å². The van der Waals surface area contributed by atoms with E-state index in [-0.39, 0.29) is 0 Å². The number of fused-ring (bicyclic) bond motifs is 1. The molecule has 1 aliphatic rings. The molecule has 2 N–H and O–H groups in total. The topological polar surface area (TPSA) is 42.5 Å². The van der Waals surface area contributed by atoms with Crippen LogP contribution < -0.4 is 20.1 Å². The molecular formula is C17H28N2O2. The summed E-state index contributed by atoms with van der Waals surface area (Å²) < 4.78 is 11.1. The average Bonchev–Trinajstić information content (AvgIpc) is 2.53. The highest BCUT2D eigenvalue weighted by Gasteiger charge is 2.26. The highest BCUT2D eigenvalue weighted by atomic mass is 16.5. The third-order valence-electron chi connectivity index (χ3n) is 4.10. The van der Waals surface area contributed by atoms with Gasteiger partial charge in [-0.05, 0) is 44.4 Å². The predicted molar refractivity (Wildman–Crippen MR) is 86.4 cm³/mol. The van der Waals surface area contributed by atoms with Crippen molar-refractivity contribution >= 4 is 0 Å². The molecule has 118 valence electrons. The number of hydrogen-bond donors (Lipinski definition) is 2. The molecule has 1 aromatic rings. The van der Waals surface area contributed by atoms with E-state index in [4.69, 9.17) is 9.47 Å². The van der Waals surface area contributed by atoms with E-state index in [0.717, 1.165) is 44.0 Å². The molecule has 0 aromatic heterocycles. The standard InChI is InChI=1S/C17H28N2O2/c1-4-10-18-11-12-19-14-7-5-6-13-15(20-2)8-9-16(21-3)17(13)14/h8-9,14,18-19H,4-7,10-12H2,1-3H3. The van der Waals surface area contributed by atoms with E-state index in [1.807, 2.05) is 12.1 Å². The van der Waals surface area contributed by atoms with Gasteiger partial charge in [0.15, 0.2) is 0 Å². The summed E-state index contributed by atoms with van der Waals surface area (Å²) in [7, 11) is 3.49. The van der Waals surface area contributed by atoms with E-state index in [1.165, 1.54) is 24.0 Å². The molecule has 1 aliphatic carbocycles. The molecular weight excluding hydrogens is 264 g/mol. The Balaban J connectivity index is 2.09. The summed E-state index contributed by atoms with van der Waals surface area (Å²) in [6.07, 6.45) is 4.60. The first kappa shape index (κ1) is 16.1. The van der Waals surface area contributed by atoms with Crippen LogP contribution in [0, 0.1) is 0 Å². The van der Waals surface area contributed by atoms with Gasteiger partial charge >= 0.3 is 0 Å².